The van der Waals surface area contributed by atoms with E-state index in [0.717, 1.165) is 17.8 Å². The van der Waals surface area contributed by atoms with Gasteiger partial charge in [-0.3, -0.25) is 9.59 Å². The maximum Gasteiger partial charge on any atom is 0.279 e. The van der Waals surface area contributed by atoms with Gasteiger partial charge in [0.25, 0.3) is 5.56 Å². The molecule has 0 spiro atoms. The lowest BCUT2D eigenvalue weighted by Gasteiger charge is -2.27. The largest absolute Gasteiger partial charge is 0.312 e. The molecule has 4 rings (SSSR count). The average Bonchev–Trinajstić information content (AvgIpc) is 2.72. The molecule has 1 aliphatic heterocycles. The number of hydrogen-bond acceptors (Lipinski definition) is 4. The second-order valence-corrected chi connectivity index (χ2v) is 7.79. The van der Waals surface area contributed by atoms with E-state index in [1.54, 1.807) is 25.2 Å². The topological polar surface area (TPSA) is 64.0 Å². The number of carbonyl (C=O) groups is 1. The summed E-state index contributed by atoms with van der Waals surface area (Å²) in [5.41, 5.74) is -0.181. The Morgan fingerprint density at radius 1 is 1.10 bits per heavy atom. The maximum atomic E-state index is 14.4. The molecule has 2 heterocycles. The molecule has 0 saturated carbocycles. The standard InChI is InChI=1S/C21H16F3N3O2S/c1-27-19-17(13(9-16(28)25-19)12-6-4-8-15(23)18(12)24)20(29)26-21(27)30-10-11-5-2-3-7-14(11)22/h2-8,13H,9-10H2,1H3,(H,25,28)/t13-/m1/s1. The lowest BCUT2D eigenvalue weighted by molar-refractivity contribution is -0.116. The van der Waals surface area contributed by atoms with Gasteiger partial charge < -0.3 is 9.88 Å². The van der Waals surface area contributed by atoms with Crippen molar-refractivity contribution in [3.05, 3.63) is 87.0 Å². The zero-order valence-corrected chi connectivity index (χ0v) is 16.6. The number of nitrogens with one attached hydrogen (secondary N) is 1. The van der Waals surface area contributed by atoms with Crippen molar-refractivity contribution >= 4 is 23.5 Å². The average molecular weight is 431 g/mol. The third kappa shape index (κ3) is 3.60. The maximum absolute atomic E-state index is 14.4. The summed E-state index contributed by atoms with van der Waals surface area (Å²) in [4.78, 5) is 29.2. The molecule has 0 unspecified atom stereocenters. The quantitative estimate of drug-likeness (QED) is 0.502. The third-order valence-corrected chi connectivity index (χ3v) is 6.05. The van der Waals surface area contributed by atoms with Crippen molar-refractivity contribution in [3.63, 3.8) is 0 Å². The third-order valence-electron chi connectivity index (χ3n) is 4.97. The summed E-state index contributed by atoms with van der Waals surface area (Å²) in [6.07, 6.45) is -0.202. The normalized spacial score (nSPS) is 15.6. The number of aromatic nitrogens is 2. The minimum Gasteiger partial charge on any atom is -0.312 e. The highest BCUT2D eigenvalue weighted by atomic mass is 32.2. The molecule has 1 aromatic heterocycles. The Labute approximate surface area is 174 Å². The van der Waals surface area contributed by atoms with Crippen molar-refractivity contribution in [2.45, 2.75) is 23.2 Å². The van der Waals surface area contributed by atoms with E-state index in [0.29, 0.717) is 5.56 Å². The number of thioether (sulfide) groups is 1. The van der Waals surface area contributed by atoms with Crippen LogP contribution in [0, 0.1) is 17.5 Å². The van der Waals surface area contributed by atoms with Crippen LogP contribution in [-0.4, -0.2) is 15.5 Å². The summed E-state index contributed by atoms with van der Waals surface area (Å²) in [7, 11) is 1.60. The number of rotatable bonds is 4. The minimum atomic E-state index is -1.09. The van der Waals surface area contributed by atoms with Crippen LogP contribution in [-0.2, 0) is 17.6 Å². The number of nitrogens with zero attached hydrogens (tertiary/aromatic N) is 2. The first-order chi connectivity index (χ1) is 14.4. The minimum absolute atomic E-state index is 0.0724. The summed E-state index contributed by atoms with van der Waals surface area (Å²) in [6, 6.07) is 9.91. The first-order valence-electron chi connectivity index (χ1n) is 9.07. The molecule has 30 heavy (non-hydrogen) atoms. The van der Waals surface area contributed by atoms with Crippen LogP contribution < -0.4 is 10.9 Å². The van der Waals surface area contributed by atoms with E-state index in [1.807, 2.05) is 0 Å². The number of halogens is 3. The van der Waals surface area contributed by atoms with Gasteiger partial charge in [-0.1, -0.05) is 42.1 Å². The fraction of sp³-hybridized carbons (Fsp3) is 0.190. The van der Waals surface area contributed by atoms with Gasteiger partial charge in [0.05, 0.1) is 5.56 Å². The number of benzene rings is 2. The van der Waals surface area contributed by atoms with Gasteiger partial charge in [-0.25, -0.2) is 13.2 Å². The molecule has 9 heteroatoms. The van der Waals surface area contributed by atoms with Gasteiger partial charge in [0.15, 0.2) is 16.8 Å². The van der Waals surface area contributed by atoms with E-state index in [1.165, 1.54) is 22.8 Å². The Kier molecular flexibility index (Phi) is 5.38. The van der Waals surface area contributed by atoms with Crippen molar-refractivity contribution in [2.75, 3.05) is 5.32 Å². The predicted molar refractivity (Wildman–Crippen MR) is 107 cm³/mol. The number of anilines is 1. The van der Waals surface area contributed by atoms with Crippen LogP contribution in [0.3, 0.4) is 0 Å². The van der Waals surface area contributed by atoms with Crippen LogP contribution in [0.25, 0.3) is 0 Å². The van der Waals surface area contributed by atoms with Gasteiger partial charge in [-0.15, -0.1) is 0 Å². The van der Waals surface area contributed by atoms with Gasteiger partial charge in [0, 0.05) is 25.1 Å². The van der Waals surface area contributed by atoms with Crippen LogP contribution in [0.2, 0.25) is 0 Å². The summed E-state index contributed by atoms with van der Waals surface area (Å²) in [5, 5.41) is 2.90. The number of fused-ring (bicyclic) bond motifs is 1. The summed E-state index contributed by atoms with van der Waals surface area (Å²) in [6.45, 7) is 0. The fourth-order valence-corrected chi connectivity index (χ4v) is 4.43. The Bertz CT molecular complexity index is 1210. The molecule has 0 bridgehead atoms. The van der Waals surface area contributed by atoms with E-state index in [4.69, 9.17) is 0 Å². The van der Waals surface area contributed by atoms with Crippen LogP contribution in [0.4, 0.5) is 19.0 Å². The van der Waals surface area contributed by atoms with Crippen LogP contribution in [0.5, 0.6) is 0 Å². The van der Waals surface area contributed by atoms with Crippen molar-refractivity contribution in [3.8, 4) is 0 Å². The smallest absolute Gasteiger partial charge is 0.279 e. The van der Waals surface area contributed by atoms with Gasteiger partial charge in [-0.05, 0) is 23.3 Å². The van der Waals surface area contributed by atoms with Crippen LogP contribution in [0.1, 0.15) is 29.0 Å². The van der Waals surface area contributed by atoms with E-state index < -0.39 is 29.0 Å². The SMILES string of the molecule is Cn1c(SCc2ccccc2F)nc(=O)c2c1NC(=O)C[C@@H]2c1cccc(F)c1F. The van der Waals surface area contributed by atoms with Crippen molar-refractivity contribution in [2.24, 2.45) is 7.05 Å². The van der Waals surface area contributed by atoms with Gasteiger partial charge in [0.1, 0.15) is 11.6 Å². The van der Waals surface area contributed by atoms with Crippen LogP contribution >= 0.6 is 11.8 Å². The number of carbonyl (C=O) groups excluding carboxylic acids is 1. The molecule has 1 N–H and O–H groups in total. The Hall–Kier alpha value is -3.07. The van der Waals surface area contributed by atoms with E-state index in [2.05, 4.69) is 10.3 Å². The molecule has 0 saturated heterocycles. The molecule has 1 aliphatic rings. The number of amides is 1. The molecule has 0 radical (unpaired) electrons. The van der Waals surface area contributed by atoms with Gasteiger partial charge in [0.2, 0.25) is 5.91 Å². The molecule has 1 atom stereocenters. The Balaban J connectivity index is 1.76. The fourth-order valence-electron chi connectivity index (χ4n) is 3.48. The molecule has 3 aromatic rings. The van der Waals surface area contributed by atoms with Gasteiger partial charge >= 0.3 is 0 Å². The molecule has 0 aliphatic carbocycles. The van der Waals surface area contributed by atoms with Crippen molar-refractivity contribution in [1.82, 2.24) is 9.55 Å². The highest BCUT2D eigenvalue weighted by molar-refractivity contribution is 7.98. The van der Waals surface area contributed by atoms with Gasteiger partial charge in [-0.2, -0.15) is 4.98 Å². The summed E-state index contributed by atoms with van der Waals surface area (Å²) < 4.78 is 43.5. The highest BCUT2D eigenvalue weighted by Gasteiger charge is 2.34. The summed E-state index contributed by atoms with van der Waals surface area (Å²) >= 11 is 1.13. The first-order valence-corrected chi connectivity index (χ1v) is 10.1. The lowest BCUT2D eigenvalue weighted by Crippen LogP contribution is -2.34. The lowest BCUT2D eigenvalue weighted by atomic mass is 9.86. The number of hydrogen-bond donors (Lipinski definition) is 1. The van der Waals surface area contributed by atoms with Crippen molar-refractivity contribution < 1.29 is 18.0 Å². The molecule has 5 nitrogen and oxygen atoms in total. The summed E-state index contributed by atoms with van der Waals surface area (Å²) in [5.74, 6) is -3.51. The monoisotopic (exact) mass is 431 g/mol. The zero-order valence-electron chi connectivity index (χ0n) is 15.8. The molecular weight excluding hydrogens is 415 g/mol. The Morgan fingerprint density at radius 3 is 2.60 bits per heavy atom. The Morgan fingerprint density at radius 2 is 1.83 bits per heavy atom. The molecule has 2 aromatic carbocycles. The highest BCUT2D eigenvalue weighted by Crippen LogP contribution is 2.37. The van der Waals surface area contributed by atoms with E-state index in [9.17, 15) is 22.8 Å². The van der Waals surface area contributed by atoms with E-state index in [-0.39, 0.29) is 40.1 Å². The van der Waals surface area contributed by atoms with Crippen molar-refractivity contribution in [1.29, 1.82) is 0 Å². The van der Waals surface area contributed by atoms with Crippen LogP contribution in [0.15, 0.2) is 52.4 Å². The first kappa shape index (κ1) is 20.2. The molecule has 154 valence electrons. The molecule has 1 amide bonds. The predicted octanol–water partition coefficient (Wildman–Crippen LogP) is 3.96. The second kappa shape index (κ2) is 7.98. The zero-order chi connectivity index (χ0) is 21.4. The molecule has 0 fully saturated rings. The second-order valence-electron chi connectivity index (χ2n) is 6.85. The van der Waals surface area contributed by atoms with E-state index >= 15 is 0 Å². The molecular formula is C21H16F3N3O2S.